The first-order valence-corrected chi connectivity index (χ1v) is 5.72. The van der Waals surface area contributed by atoms with Crippen molar-refractivity contribution in [2.24, 2.45) is 0 Å². The van der Waals surface area contributed by atoms with Gasteiger partial charge >= 0.3 is 0 Å². The summed E-state index contributed by atoms with van der Waals surface area (Å²) in [5.41, 5.74) is 2.21. The minimum Gasteiger partial charge on any atom is -0.224 e. The Bertz CT molecular complexity index is 515. The van der Waals surface area contributed by atoms with Gasteiger partial charge in [-0.25, -0.2) is 9.07 Å². The monoisotopic (exact) mass is 254 g/mol. The summed E-state index contributed by atoms with van der Waals surface area (Å²) in [5.74, 6) is 0.695. The van der Waals surface area contributed by atoms with Crippen molar-refractivity contribution in [1.29, 1.82) is 0 Å². The highest BCUT2D eigenvalue weighted by Gasteiger charge is 2.08. The van der Waals surface area contributed by atoms with Gasteiger partial charge < -0.3 is 0 Å². The second kappa shape index (κ2) is 4.79. The van der Waals surface area contributed by atoms with Gasteiger partial charge in [0.05, 0.1) is 12.4 Å². The summed E-state index contributed by atoms with van der Waals surface area (Å²) in [6, 6.07) is 3.59. The minimum atomic E-state index is -0.164. The quantitative estimate of drug-likeness (QED) is 0.789. The molecular weight excluding hydrogens is 243 g/mol. The van der Waals surface area contributed by atoms with Crippen LogP contribution >= 0.6 is 11.6 Å². The standard InChI is InChI=1S/C11H12ClFN4/c1-7-3-9(4-8(2)11(7)13)6-17-10(5-12)14-15-16-17/h3-4H,5-6H2,1-2H3. The summed E-state index contributed by atoms with van der Waals surface area (Å²) in [6.45, 7) is 3.98. The summed E-state index contributed by atoms with van der Waals surface area (Å²) in [4.78, 5) is 0. The molecule has 1 aromatic carbocycles. The van der Waals surface area contributed by atoms with Crippen molar-refractivity contribution in [1.82, 2.24) is 20.2 Å². The second-order valence-corrected chi connectivity index (χ2v) is 4.20. The number of alkyl halides is 1. The molecule has 0 bridgehead atoms. The first-order chi connectivity index (χ1) is 8.11. The largest absolute Gasteiger partial charge is 0.224 e. The van der Waals surface area contributed by atoms with E-state index in [9.17, 15) is 4.39 Å². The van der Waals surface area contributed by atoms with E-state index in [2.05, 4.69) is 15.5 Å². The Kier molecular flexibility index (Phi) is 3.38. The lowest BCUT2D eigenvalue weighted by Crippen LogP contribution is -2.07. The summed E-state index contributed by atoms with van der Waals surface area (Å²) >= 11 is 5.70. The van der Waals surface area contributed by atoms with Crippen LogP contribution in [-0.4, -0.2) is 20.2 Å². The van der Waals surface area contributed by atoms with Gasteiger partial charge in [-0.2, -0.15) is 0 Å². The van der Waals surface area contributed by atoms with Crippen LogP contribution in [0.5, 0.6) is 0 Å². The molecular formula is C11H12ClFN4. The van der Waals surface area contributed by atoms with E-state index >= 15 is 0 Å². The summed E-state index contributed by atoms with van der Waals surface area (Å²) in [5, 5.41) is 11.2. The van der Waals surface area contributed by atoms with Crippen LogP contribution in [0, 0.1) is 19.7 Å². The molecule has 2 aromatic rings. The molecule has 1 heterocycles. The number of rotatable bonds is 3. The molecule has 6 heteroatoms. The first-order valence-electron chi connectivity index (χ1n) is 5.18. The molecule has 4 nitrogen and oxygen atoms in total. The predicted octanol–water partition coefficient (Wildman–Crippen LogP) is 2.22. The molecule has 0 saturated heterocycles. The topological polar surface area (TPSA) is 43.6 Å². The van der Waals surface area contributed by atoms with Gasteiger partial charge in [0.15, 0.2) is 5.82 Å². The zero-order chi connectivity index (χ0) is 12.4. The van der Waals surface area contributed by atoms with Crippen LogP contribution in [0.1, 0.15) is 22.5 Å². The fourth-order valence-electron chi connectivity index (χ4n) is 1.74. The maximum Gasteiger partial charge on any atom is 0.166 e. The highest BCUT2D eigenvalue weighted by molar-refractivity contribution is 6.16. The van der Waals surface area contributed by atoms with Crippen molar-refractivity contribution in [3.63, 3.8) is 0 Å². The van der Waals surface area contributed by atoms with Crippen molar-refractivity contribution in [3.8, 4) is 0 Å². The Morgan fingerprint density at radius 3 is 2.53 bits per heavy atom. The van der Waals surface area contributed by atoms with Crippen LogP contribution in [0.2, 0.25) is 0 Å². The maximum atomic E-state index is 13.5. The predicted molar refractivity (Wildman–Crippen MR) is 62.4 cm³/mol. The van der Waals surface area contributed by atoms with Crippen LogP contribution in [0.3, 0.4) is 0 Å². The SMILES string of the molecule is Cc1cc(Cn2nnnc2CCl)cc(C)c1F. The average Bonchev–Trinajstić information content (AvgIpc) is 2.73. The molecule has 1 aromatic heterocycles. The fourth-order valence-corrected chi connectivity index (χ4v) is 1.93. The lowest BCUT2D eigenvalue weighted by Gasteiger charge is -2.07. The molecule has 0 atom stereocenters. The lowest BCUT2D eigenvalue weighted by atomic mass is 10.1. The van der Waals surface area contributed by atoms with Crippen molar-refractivity contribution in [2.45, 2.75) is 26.3 Å². The number of tetrazole rings is 1. The molecule has 2 rings (SSSR count). The number of benzene rings is 1. The third-order valence-corrected chi connectivity index (χ3v) is 2.79. The smallest absolute Gasteiger partial charge is 0.166 e. The zero-order valence-corrected chi connectivity index (χ0v) is 10.4. The van der Waals surface area contributed by atoms with Crippen molar-refractivity contribution < 1.29 is 4.39 Å². The summed E-state index contributed by atoms with van der Waals surface area (Å²) in [6.07, 6.45) is 0. The van der Waals surface area contributed by atoms with Gasteiger partial charge in [-0.1, -0.05) is 12.1 Å². The van der Waals surface area contributed by atoms with Gasteiger partial charge in [0.2, 0.25) is 0 Å². The molecule has 0 aliphatic rings. The normalized spacial score (nSPS) is 10.8. The van der Waals surface area contributed by atoms with Crippen LogP contribution in [0.4, 0.5) is 4.39 Å². The van der Waals surface area contributed by atoms with Crippen LogP contribution < -0.4 is 0 Å². The molecule has 17 heavy (non-hydrogen) atoms. The van der Waals surface area contributed by atoms with Crippen molar-refractivity contribution in [3.05, 3.63) is 40.5 Å². The van der Waals surface area contributed by atoms with E-state index in [0.29, 0.717) is 23.5 Å². The number of aryl methyl sites for hydroxylation is 2. The van der Waals surface area contributed by atoms with E-state index in [-0.39, 0.29) is 11.7 Å². The Hall–Kier alpha value is -1.49. The number of hydrogen-bond donors (Lipinski definition) is 0. The van der Waals surface area contributed by atoms with Crippen molar-refractivity contribution in [2.75, 3.05) is 0 Å². The first kappa shape index (κ1) is 12.0. The van der Waals surface area contributed by atoms with E-state index in [1.54, 1.807) is 30.7 Å². The molecule has 0 aliphatic heterocycles. The molecule has 0 spiro atoms. The fraction of sp³-hybridized carbons (Fsp3) is 0.364. The summed E-state index contributed by atoms with van der Waals surface area (Å²) < 4.78 is 15.1. The van der Waals surface area contributed by atoms with Crippen LogP contribution in [-0.2, 0) is 12.4 Å². The number of nitrogens with zero attached hydrogens (tertiary/aromatic N) is 4. The Morgan fingerprint density at radius 2 is 1.94 bits per heavy atom. The van der Waals surface area contributed by atoms with Gasteiger partial charge in [-0.05, 0) is 41.0 Å². The number of halogens is 2. The molecule has 0 saturated carbocycles. The average molecular weight is 255 g/mol. The van der Waals surface area contributed by atoms with Crippen LogP contribution in [0.25, 0.3) is 0 Å². The molecule has 90 valence electrons. The lowest BCUT2D eigenvalue weighted by molar-refractivity contribution is 0.601. The van der Waals surface area contributed by atoms with Crippen molar-refractivity contribution >= 4 is 11.6 Å². The Labute approximate surface area is 103 Å². The van der Waals surface area contributed by atoms with E-state index in [4.69, 9.17) is 11.6 Å². The van der Waals surface area contributed by atoms with E-state index in [0.717, 1.165) is 5.56 Å². The van der Waals surface area contributed by atoms with Gasteiger partial charge in [-0.15, -0.1) is 16.7 Å². The van der Waals surface area contributed by atoms with Gasteiger partial charge in [0.1, 0.15) is 5.82 Å². The second-order valence-electron chi connectivity index (χ2n) is 3.93. The number of hydrogen-bond acceptors (Lipinski definition) is 3. The van der Waals surface area contributed by atoms with E-state index in [1.165, 1.54) is 0 Å². The third-order valence-electron chi connectivity index (χ3n) is 2.55. The Balaban J connectivity index is 2.31. The molecule has 0 unspecified atom stereocenters. The summed E-state index contributed by atoms with van der Waals surface area (Å²) in [7, 11) is 0. The number of aromatic nitrogens is 4. The van der Waals surface area contributed by atoms with Gasteiger partial charge in [0.25, 0.3) is 0 Å². The van der Waals surface area contributed by atoms with E-state index < -0.39 is 0 Å². The maximum absolute atomic E-state index is 13.5. The van der Waals surface area contributed by atoms with E-state index in [1.807, 2.05) is 0 Å². The van der Waals surface area contributed by atoms with Gasteiger partial charge in [-0.3, -0.25) is 0 Å². The molecule has 0 aliphatic carbocycles. The van der Waals surface area contributed by atoms with Crippen LogP contribution in [0.15, 0.2) is 12.1 Å². The third kappa shape index (κ3) is 2.44. The molecule has 0 radical (unpaired) electrons. The van der Waals surface area contributed by atoms with Gasteiger partial charge in [0, 0.05) is 0 Å². The molecule has 0 amide bonds. The molecule has 0 fully saturated rings. The molecule has 0 N–H and O–H groups in total. The highest BCUT2D eigenvalue weighted by Crippen LogP contribution is 2.15. The minimum absolute atomic E-state index is 0.164. The highest BCUT2D eigenvalue weighted by atomic mass is 35.5. The zero-order valence-electron chi connectivity index (χ0n) is 9.61. The Morgan fingerprint density at radius 1 is 1.29 bits per heavy atom.